The summed E-state index contributed by atoms with van der Waals surface area (Å²) in [6.07, 6.45) is -0.799. The fourth-order valence-corrected chi connectivity index (χ4v) is 3.02. The Morgan fingerprint density at radius 2 is 2.04 bits per heavy atom. The number of hydrogen-bond donors (Lipinski definition) is 1. The van der Waals surface area contributed by atoms with Crippen molar-refractivity contribution in [2.24, 2.45) is 0 Å². The second kappa shape index (κ2) is 8.68. The summed E-state index contributed by atoms with van der Waals surface area (Å²) >= 11 is 0. The summed E-state index contributed by atoms with van der Waals surface area (Å²) in [6, 6.07) is 4.22. The topological polar surface area (TPSA) is 69.0 Å². The van der Waals surface area contributed by atoms with Crippen molar-refractivity contribution in [3.63, 3.8) is 0 Å². The van der Waals surface area contributed by atoms with E-state index in [1.165, 1.54) is 12.1 Å². The van der Waals surface area contributed by atoms with Crippen LogP contribution in [0, 0.1) is 5.82 Å². The molecule has 1 N–H and O–H groups in total. The second-order valence-corrected chi connectivity index (χ2v) is 6.56. The van der Waals surface area contributed by atoms with Gasteiger partial charge >= 0.3 is 6.18 Å². The van der Waals surface area contributed by atoms with Crippen molar-refractivity contribution in [1.82, 2.24) is 14.8 Å². The Balaban J connectivity index is 1.67. The van der Waals surface area contributed by atoms with E-state index < -0.39 is 31.1 Å². The van der Waals surface area contributed by atoms with Crippen LogP contribution >= 0.6 is 0 Å². The van der Waals surface area contributed by atoms with Crippen molar-refractivity contribution in [1.29, 1.82) is 0 Å². The Morgan fingerprint density at radius 1 is 1.21 bits per heavy atom. The molecular weight excluding hydrogens is 380 g/mol. The van der Waals surface area contributed by atoms with Crippen LogP contribution in [-0.4, -0.2) is 40.1 Å². The third kappa shape index (κ3) is 5.28. The lowest BCUT2D eigenvalue weighted by Crippen LogP contribution is -2.20. The number of amides is 1. The van der Waals surface area contributed by atoms with E-state index in [2.05, 4.69) is 20.3 Å². The van der Waals surface area contributed by atoms with Gasteiger partial charge in [-0.3, -0.25) is 4.79 Å². The van der Waals surface area contributed by atoms with Crippen LogP contribution in [0.15, 0.2) is 18.2 Å². The highest BCUT2D eigenvalue weighted by atomic mass is 19.4. The normalized spacial score (nSPS) is 14.4. The first kappa shape index (κ1) is 20.2. The Hall–Kier alpha value is -2.49. The number of halogens is 4. The number of aryl methyl sites for hydroxylation is 1. The molecule has 28 heavy (non-hydrogen) atoms. The molecule has 10 heteroatoms. The first-order valence-corrected chi connectivity index (χ1v) is 9.00. The minimum atomic E-state index is -4.45. The number of alkyl halides is 3. The monoisotopic (exact) mass is 400 g/mol. The zero-order valence-electron chi connectivity index (χ0n) is 15.1. The van der Waals surface area contributed by atoms with Crippen LogP contribution in [0.1, 0.15) is 31.5 Å². The van der Waals surface area contributed by atoms with Gasteiger partial charge in [0.15, 0.2) is 5.82 Å². The Labute approximate surface area is 158 Å². The van der Waals surface area contributed by atoms with Gasteiger partial charge in [-0.25, -0.2) is 4.39 Å². The number of carbonyl (C=O) groups excluding carboxylic acids is 1. The summed E-state index contributed by atoms with van der Waals surface area (Å²) < 4.78 is 56.5. The molecule has 0 fully saturated rings. The van der Waals surface area contributed by atoms with Crippen LogP contribution in [0.4, 0.5) is 23.2 Å². The minimum absolute atomic E-state index is 0.0655. The predicted octanol–water partition coefficient (Wildman–Crippen LogP) is 3.72. The lowest BCUT2D eigenvalue weighted by molar-refractivity contribution is -0.174. The van der Waals surface area contributed by atoms with Crippen molar-refractivity contribution in [2.75, 3.05) is 18.5 Å². The highest BCUT2D eigenvalue weighted by Crippen LogP contribution is 2.26. The SMILES string of the molecule is O=C(CCOCC(F)(F)F)Nc1cc(-c2nnc3n2CCCCC3)ccc1F. The summed E-state index contributed by atoms with van der Waals surface area (Å²) in [7, 11) is 0. The smallest absolute Gasteiger partial charge is 0.372 e. The van der Waals surface area contributed by atoms with E-state index in [9.17, 15) is 22.4 Å². The van der Waals surface area contributed by atoms with Crippen LogP contribution in [0.3, 0.4) is 0 Å². The zero-order valence-corrected chi connectivity index (χ0v) is 15.1. The highest BCUT2D eigenvalue weighted by Gasteiger charge is 2.27. The summed E-state index contributed by atoms with van der Waals surface area (Å²) in [5.74, 6) is 0.187. The van der Waals surface area contributed by atoms with E-state index in [0.29, 0.717) is 11.4 Å². The van der Waals surface area contributed by atoms with Gasteiger partial charge in [-0.1, -0.05) is 6.42 Å². The highest BCUT2D eigenvalue weighted by molar-refractivity contribution is 5.91. The molecular formula is C18H20F4N4O2. The van der Waals surface area contributed by atoms with Gasteiger partial charge in [0.25, 0.3) is 0 Å². The number of anilines is 1. The standard InChI is InChI=1S/C18H20F4N4O2/c19-13-6-5-12(17-25-24-15-4-2-1-3-8-26(15)17)10-14(13)23-16(27)7-9-28-11-18(20,21)22/h5-6,10H,1-4,7-9,11H2,(H,23,27). The van der Waals surface area contributed by atoms with Gasteiger partial charge in [0.2, 0.25) is 5.91 Å². The van der Waals surface area contributed by atoms with Crippen molar-refractivity contribution in [3.8, 4) is 11.4 Å². The van der Waals surface area contributed by atoms with Crippen LogP contribution in [0.5, 0.6) is 0 Å². The summed E-state index contributed by atoms with van der Waals surface area (Å²) in [5, 5.41) is 10.8. The molecule has 3 rings (SSSR count). The molecule has 1 aliphatic heterocycles. The molecule has 6 nitrogen and oxygen atoms in total. The number of nitrogens with zero attached hydrogens (tertiary/aromatic N) is 3. The zero-order chi connectivity index (χ0) is 20.1. The van der Waals surface area contributed by atoms with Crippen LogP contribution in [-0.2, 0) is 22.5 Å². The number of rotatable bonds is 6. The van der Waals surface area contributed by atoms with Gasteiger partial charge in [-0.2, -0.15) is 13.2 Å². The number of benzene rings is 1. The molecule has 0 radical (unpaired) electrons. The van der Waals surface area contributed by atoms with Gasteiger partial charge < -0.3 is 14.6 Å². The molecule has 1 aromatic carbocycles. The lowest BCUT2D eigenvalue weighted by atomic mass is 10.1. The van der Waals surface area contributed by atoms with E-state index in [4.69, 9.17) is 0 Å². The van der Waals surface area contributed by atoms with Crippen molar-refractivity contribution < 1.29 is 27.1 Å². The second-order valence-electron chi connectivity index (χ2n) is 6.56. The molecule has 1 amide bonds. The maximum absolute atomic E-state index is 14.1. The quantitative estimate of drug-likeness (QED) is 0.593. The first-order chi connectivity index (χ1) is 13.3. The fraction of sp³-hybridized carbons (Fsp3) is 0.500. The molecule has 2 aromatic rings. The summed E-state index contributed by atoms with van der Waals surface area (Å²) in [4.78, 5) is 11.9. The Kier molecular flexibility index (Phi) is 6.28. The molecule has 0 atom stereocenters. The first-order valence-electron chi connectivity index (χ1n) is 9.00. The van der Waals surface area contributed by atoms with Gasteiger partial charge in [-0.05, 0) is 31.0 Å². The average Bonchev–Trinajstić information content (AvgIpc) is 2.88. The van der Waals surface area contributed by atoms with Crippen molar-refractivity contribution in [3.05, 3.63) is 29.8 Å². The number of hydrogen-bond acceptors (Lipinski definition) is 4. The van der Waals surface area contributed by atoms with Crippen LogP contribution in [0.25, 0.3) is 11.4 Å². The van der Waals surface area contributed by atoms with E-state index in [0.717, 1.165) is 38.1 Å². The third-order valence-corrected chi connectivity index (χ3v) is 4.35. The van der Waals surface area contributed by atoms with E-state index in [1.807, 2.05) is 4.57 Å². The molecule has 0 aliphatic carbocycles. The van der Waals surface area contributed by atoms with Gasteiger partial charge in [0, 0.05) is 18.5 Å². The summed E-state index contributed by atoms with van der Waals surface area (Å²) in [5.41, 5.74) is 0.537. The number of carbonyl (C=O) groups is 1. The Morgan fingerprint density at radius 3 is 2.82 bits per heavy atom. The molecule has 0 spiro atoms. The van der Waals surface area contributed by atoms with Gasteiger partial charge in [-0.15, -0.1) is 10.2 Å². The van der Waals surface area contributed by atoms with Crippen LogP contribution in [0.2, 0.25) is 0 Å². The maximum atomic E-state index is 14.1. The molecule has 0 saturated carbocycles. The molecule has 2 heterocycles. The maximum Gasteiger partial charge on any atom is 0.411 e. The number of ether oxygens (including phenoxy) is 1. The third-order valence-electron chi connectivity index (χ3n) is 4.35. The molecule has 0 saturated heterocycles. The largest absolute Gasteiger partial charge is 0.411 e. The minimum Gasteiger partial charge on any atom is -0.372 e. The Bertz CT molecular complexity index is 835. The molecule has 1 aliphatic rings. The lowest BCUT2D eigenvalue weighted by Gasteiger charge is -2.11. The van der Waals surface area contributed by atoms with Crippen LogP contribution < -0.4 is 5.32 Å². The number of nitrogens with one attached hydrogen (secondary N) is 1. The fourth-order valence-electron chi connectivity index (χ4n) is 3.02. The van der Waals surface area contributed by atoms with E-state index >= 15 is 0 Å². The molecule has 0 bridgehead atoms. The van der Waals surface area contributed by atoms with Gasteiger partial charge in [0.1, 0.15) is 18.2 Å². The number of fused-ring (bicyclic) bond motifs is 1. The molecule has 1 aromatic heterocycles. The van der Waals surface area contributed by atoms with Crippen molar-refractivity contribution in [2.45, 2.75) is 44.8 Å². The summed E-state index contributed by atoms with van der Waals surface area (Å²) in [6.45, 7) is -1.07. The van der Waals surface area contributed by atoms with Gasteiger partial charge in [0.05, 0.1) is 18.7 Å². The average molecular weight is 400 g/mol. The molecule has 0 unspecified atom stereocenters. The predicted molar refractivity (Wildman–Crippen MR) is 93.1 cm³/mol. The molecule has 152 valence electrons. The van der Waals surface area contributed by atoms with E-state index in [1.54, 1.807) is 6.07 Å². The van der Waals surface area contributed by atoms with Crippen molar-refractivity contribution >= 4 is 11.6 Å². The number of aromatic nitrogens is 3. The van der Waals surface area contributed by atoms with E-state index in [-0.39, 0.29) is 12.1 Å².